The van der Waals surface area contributed by atoms with E-state index >= 15 is 0 Å². The Bertz CT molecular complexity index is 176. The van der Waals surface area contributed by atoms with Crippen LogP contribution in [0.2, 0.25) is 0 Å². The number of hydrogen-bond donors (Lipinski definition) is 0. The topological polar surface area (TPSA) is 25.8 Å². The molecule has 10 heavy (non-hydrogen) atoms. The van der Waals surface area contributed by atoms with Crippen LogP contribution < -0.4 is 0 Å². The van der Waals surface area contributed by atoms with Crippen LogP contribution in [0.4, 0.5) is 0 Å². The lowest BCUT2D eigenvalue weighted by Gasteiger charge is -1.97. The second-order valence-electron chi connectivity index (χ2n) is 1.75. The van der Waals surface area contributed by atoms with E-state index in [9.17, 15) is 0 Å². The van der Waals surface area contributed by atoms with Crippen LogP contribution in [0.25, 0.3) is 0 Å². The summed E-state index contributed by atoms with van der Waals surface area (Å²) in [7, 11) is 0. The minimum atomic E-state index is -0.0429. The first-order valence-corrected chi connectivity index (χ1v) is 3.14. The van der Waals surface area contributed by atoms with E-state index in [1.165, 1.54) is 0 Å². The first-order chi connectivity index (χ1) is 4.30. The zero-order valence-electron chi connectivity index (χ0n) is 5.49. The lowest BCUT2D eigenvalue weighted by molar-refractivity contribution is 0.967. The van der Waals surface area contributed by atoms with Crippen molar-refractivity contribution in [3.63, 3.8) is 0 Å². The summed E-state index contributed by atoms with van der Waals surface area (Å²) in [6.45, 7) is 1.87. The highest BCUT2D eigenvalue weighted by molar-refractivity contribution is 6.20. The van der Waals surface area contributed by atoms with Crippen LogP contribution in [0.15, 0.2) is 18.6 Å². The summed E-state index contributed by atoms with van der Waals surface area (Å²) >= 11 is 5.70. The van der Waals surface area contributed by atoms with Crippen LogP contribution in [0, 0.1) is 0 Å². The van der Waals surface area contributed by atoms with E-state index in [4.69, 9.17) is 11.6 Å². The molecule has 0 saturated heterocycles. The van der Waals surface area contributed by atoms with Crippen LogP contribution in [-0.4, -0.2) is 9.97 Å². The van der Waals surface area contributed by atoms with E-state index in [1.54, 1.807) is 18.6 Å². The van der Waals surface area contributed by atoms with Crippen molar-refractivity contribution in [2.45, 2.75) is 12.3 Å². The molecule has 1 aromatic heterocycles. The van der Waals surface area contributed by atoms with Gasteiger partial charge in [-0.25, -0.2) is 0 Å². The van der Waals surface area contributed by atoms with Gasteiger partial charge in [-0.3, -0.25) is 9.97 Å². The molecule has 4 heteroatoms. The third-order valence-corrected chi connectivity index (χ3v) is 1.21. The number of hydrogen-bond acceptors (Lipinski definition) is 2. The highest BCUT2D eigenvalue weighted by Crippen LogP contribution is 2.13. The van der Waals surface area contributed by atoms with Crippen LogP contribution >= 0.6 is 24.0 Å². The Balaban J connectivity index is 0.000000810. The molecule has 0 bridgehead atoms. The fourth-order valence-electron chi connectivity index (χ4n) is 0.516. The van der Waals surface area contributed by atoms with E-state index in [0.717, 1.165) is 5.69 Å². The first kappa shape index (κ1) is 9.66. The van der Waals surface area contributed by atoms with Crippen molar-refractivity contribution >= 4 is 24.0 Å². The highest BCUT2D eigenvalue weighted by Gasteiger charge is 1.98. The van der Waals surface area contributed by atoms with Crippen molar-refractivity contribution in [3.05, 3.63) is 24.3 Å². The number of rotatable bonds is 1. The fraction of sp³-hybridized carbons (Fsp3) is 0.333. The molecule has 1 atom stereocenters. The van der Waals surface area contributed by atoms with E-state index in [2.05, 4.69) is 9.97 Å². The lowest BCUT2D eigenvalue weighted by Crippen LogP contribution is -1.88. The minimum absolute atomic E-state index is 0. The summed E-state index contributed by atoms with van der Waals surface area (Å²) in [5.74, 6) is 0. The molecule has 2 nitrogen and oxygen atoms in total. The second-order valence-corrected chi connectivity index (χ2v) is 2.40. The standard InChI is InChI=1S/C6H7ClN2.ClH/c1-5(7)6-4-8-2-3-9-6;/h2-5H,1H3;1H. The molecule has 0 spiro atoms. The molecule has 0 fully saturated rings. The molecular formula is C6H8Cl2N2. The Kier molecular flexibility index (Phi) is 4.32. The summed E-state index contributed by atoms with van der Waals surface area (Å²) in [6.07, 6.45) is 4.93. The smallest absolute Gasteiger partial charge is 0.0762 e. The first-order valence-electron chi connectivity index (χ1n) is 2.70. The predicted molar refractivity (Wildman–Crippen MR) is 43.5 cm³/mol. The van der Waals surface area contributed by atoms with Gasteiger partial charge in [0, 0.05) is 18.6 Å². The summed E-state index contributed by atoms with van der Waals surface area (Å²) in [4.78, 5) is 7.84. The van der Waals surface area contributed by atoms with Gasteiger partial charge in [0.15, 0.2) is 0 Å². The summed E-state index contributed by atoms with van der Waals surface area (Å²) < 4.78 is 0. The van der Waals surface area contributed by atoms with Gasteiger partial charge in [-0.15, -0.1) is 24.0 Å². The molecule has 1 rings (SSSR count). The zero-order chi connectivity index (χ0) is 6.69. The minimum Gasteiger partial charge on any atom is -0.261 e. The average molecular weight is 179 g/mol. The summed E-state index contributed by atoms with van der Waals surface area (Å²) in [5, 5.41) is -0.0429. The van der Waals surface area contributed by atoms with E-state index in [0.29, 0.717) is 0 Å². The Morgan fingerprint density at radius 2 is 2.20 bits per heavy atom. The maximum absolute atomic E-state index is 5.70. The van der Waals surface area contributed by atoms with Crippen LogP contribution in [0.1, 0.15) is 18.0 Å². The third-order valence-electron chi connectivity index (χ3n) is 0.991. The summed E-state index contributed by atoms with van der Waals surface area (Å²) in [6, 6.07) is 0. The van der Waals surface area contributed by atoms with E-state index in [-0.39, 0.29) is 17.8 Å². The number of nitrogens with zero attached hydrogens (tertiary/aromatic N) is 2. The van der Waals surface area contributed by atoms with Gasteiger partial charge in [0.2, 0.25) is 0 Å². The van der Waals surface area contributed by atoms with Crippen LogP contribution in [0.3, 0.4) is 0 Å². The van der Waals surface area contributed by atoms with Gasteiger partial charge in [-0.05, 0) is 6.92 Å². The number of aromatic nitrogens is 2. The lowest BCUT2D eigenvalue weighted by atomic mass is 10.3. The molecule has 0 aliphatic carbocycles. The third kappa shape index (κ3) is 2.50. The number of halogens is 2. The maximum atomic E-state index is 5.70. The van der Waals surface area contributed by atoms with Gasteiger partial charge in [-0.1, -0.05) is 0 Å². The molecule has 1 unspecified atom stereocenters. The van der Waals surface area contributed by atoms with Gasteiger partial charge in [-0.2, -0.15) is 0 Å². The molecule has 0 aliphatic rings. The van der Waals surface area contributed by atoms with E-state index < -0.39 is 0 Å². The second kappa shape index (κ2) is 4.47. The monoisotopic (exact) mass is 178 g/mol. The van der Waals surface area contributed by atoms with Crippen molar-refractivity contribution in [1.29, 1.82) is 0 Å². The van der Waals surface area contributed by atoms with Gasteiger partial charge in [0.1, 0.15) is 0 Å². The fourth-order valence-corrected chi connectivity index (χ4v) is 0.629. The van der Waals surface area contributed by atoms with Crippen LogP contribution in [0.5, 0.6) is 0 Å². The van der Waals surface area contributed by atoms with E-state index in [1.807, 2.05) is 6.92 Å². The van der Waals surface area contributed by atoms with Crippen molar-refractivity contribution in [3.8, 4) is 0 Å². The Morgan fingerprint density at radius 1 is 1.50 bits per heavy atom. The molecule has 0 saturated carbocycles. The normalized spacial score (nSPS) is 11.8. The zero-order valence-corrected chi connectivity index (χ0v) is 7.06. The molecule has 0 N–H and O–H groups in total. The van der Waals surface area contributed by atoms with Crippen molar-refractivity contribution in [2.24, 2.45) is 0 Å². The molecule has 0 amide bonds. The molecule has 1 heterocycles. The van der Waals surface area contributed by atoms with Gasteiger partial charge in [0.05, 0.1) is 11.1 Å². The van der Waals surface area contributed by atoms with Crippen molar-refractivity contribution in [2.75, 3.05) is 0 Å². The highest BCUT2D eigenvalue weighted by atomic mass is 35.5. The largest absolute Gasteiger partial charge is 0.261 e. The van der Waals surface area contributed by atoms with Crippen molar-refractivity contribution in [1.82, 2.24) is 9.97 Å². The van der Waals surface area contributed by atoms with Gasteiger partial charge < -0.3 is 0 Å². The Labute approximate surface area is 71.1 Å². The van der Waals surface area contributed by atoms with Crippen molar-refractivity contribution < 1.29 is 0 Å². The average Bonchev–Trinajstić information content (AvgIpc) is 1.90. The molecule has 0 aliphatic heterocycles. The summed E-state index contributed by atoms with van der Waals surface area (Å²) in [5.41, 5.74) is 0.819. The number of alkyl halides is 1. The van der Waals surface area contributed by atoms with Crippen LogP contribution in [-0.2, 0) is 0 Å². The van der Waals surface area contributed by atoms with Gasteiger partial charge in [0.25, 0.3) is 0 Å². The SMILES string of the molecule is CC(Cl)c1cnccn1.Cl. The molecular weight excluding hydrogens is 171 g/mol. The Hall–Kier alpha value is -0.340. The molecule has 0 radical (unpaired) electrons. The molecule has 0 aromatic carbocycles. The predicted octanol–water partition coefficient (Wildman–Crippen LogP) is 2.20. The quantitative estimate of drug-likeness (QED) is 0.617. The van der Waals surface area contributed by atoms with Gasteiger partial charge >= 0.3 is 0 Å². The Morgan fingerprint density at radius 3 is 2.50 bits per heavy atom. The molecule has 1 aromatic rings. The maximum Gasteiger partial charge on any atom is 0.0762 e. The molecule has 56 valence electrons.